The van der Waals surface area contributed by atoms with E-state index in [-0.39, 0.29) is 37.6 Å². The van der Waals surface area contributed by atoms with Crippen molar-refractivity contribution in [3.8, 4) is 5.75 Å². The molecule has 1 aromatic rings. The molecular weight excluding hydrogens is 282 g/mol. The molecule has 0 bridgehead atoms. The Labute approximate surface area is 123 Å². The van der Waals surface area contributed by atoms with Crippen LogP contribution in [0.1, 0.15) is 20.3 Å². The van der Waals surface area contributed by atoms with Crippen LogP contribution in [-0.2, 0) is 14.3 Å². The van der Waals surface area contributed by atoms with Gasteiger partial charge in [0.25, 0.3) is 5.91 Å². The second-order valence-electron chi connectivity index (χ2n) is 4.36. The first-order valence-corrected chi connectivity index (χ1v) is 6.70. The average Bonchev–Trinajstić information content (AvgIpc) is 2.37. The van der Waals surface area contributed by atoms with Crippen molar-refractivity contribution >= 4 is 23.5 Å². The number of carbonyl (C=O) groups excluding carboxylic acids is 2. The summed E-state index contributed by atoms with van der Waals surface area (Å²) in [5.41, 5.74) is 0. The molecule has 0 unspecified atom stereocenters. The smallest absolute Gasteiger partial charge is 0.307 e. The van der Waals surface area contributed by atoms with Gasteiger partial charge in [-0.3, -0.25) is 9.59 Å². The Morgan fingerprint density at radius 2 is 2.00 bits per heavy atom. The summed E-state index contributed by atoms with van der Waals surface area (Å²) < 4.78 is 10.2. The van der Waals surface area contributed by atoms with Crippen LogP contribution in [0.2, 0.25) is 5.02 Å². The van der Waals surface area contributed by atoms with Gasteiger partial charge in [0.2, 0.25) is 0 Å². The molecule has 0 saturated heterocycles. The number of rotatable bonds is 7. The molecule has 0 saturated carbocycles. The fourth-order valence-electron chi connectivity index (χ4n) is 1.38. The number of nitrogens with one attached hydrogen (secondary N) is 1. The topological polar surface area (TPSA) is 64.6 Å². The van der Waals surface area contributed by atoms with E-state index in [1.165, 1.54) is 0 Å². The van der Waals surface area contributed by atoms with E-state index < -0.39 is 0 Å². The van der Waals surface area contributed by atoms with Crippen molar-refractivity contribution in [2.45, 2.75) is 26.4 Å². The van der Waals surface area contributed by atoms with Crippen LogP contribution in [0.25, 0.3) is 0 Å². The Bertz CT molecular complexity index is 462. The largest absolute Gasteiger partial charge is 0.482 e. The molecule has 0 aliphatic rings. The van der Waals surface area contributed by atoms with Crippen molar-refractivity contribution in [2.75, 3.05) is 13.2 Å². The van der Waals surface area contributed by atoms with Crippen molar-refractivity contribution in [1.29, 1.82) is 0 Å². The second kappa shape index (κ2) is 8.43. The quantitative estimate of drug-likeness (QED) is 0.784. The third kappa shape index (κ3) is 6.43. The van der Waals surface area contributed by atoms with Crippen LogP contribution in [0.3, 0.4) is 0 Å². The predicted octanol–water partition coefficient (Wildman–Crippen LogP) is 2.18. The van der Waals surface area contributed by atoms with Gasteiger partial charge in [-0.1, -0.05) is 23.7 Å². The molecule has 1 aromatic carbocycles. The zero-order chi connectivity index (χ0) is 15.0. The summed E-state index contributed by atoms with van der Waals surface area (Å²) >= 11 is 5.88. The van der Waals surface area contributed by atoms with Crippen LogP contribution in [0.15, 0.2) is 24.3 Å². The molecule has 0 atom stereocenters. The lowest BCUT2D eigenvalue weighted by atomic mass is 10.3. The summed E-state index contributed by atoms with van der Waals surface area (Å²) in [6.45, 7) is 3.61. The number of para-hydroxylation sites is 1. The molecule has 1 rings (SSSR count). The molecule has 5 nitrogen and oxygen atoms in total. The highest BCUT2D eigenvalue weighted by molar-refractivity contribution is 6.32. The number of hydrogen-bond acceptors (Lipinski definition) is 4. The molecule has 0 aromatic heterocycles. The molecule has 0 heterocycles. The maximum absolute atomic E-state index is 11.5. The first kappa shape index (κ1) is 16.3. The zero-order valence-corrected chi connectivity index (χ0v) is 12.3. The summed E-state index contributed by atoms with van der Waals surface area (Å²) in [6.07, 6.45) is -0.0162. The van der Waals surface area contributed by atoms with E-state index in [1.807, 2.05) is 0 Å². The Kier molecular flexibility index (Phi) is 6.87. The molecular formula is C14H18ClNO4. The van der Waals surface area contributed by atoms with Gasteiger partial charge in [0.1, 0.15) is 5.75 Å². The molecule has 1 N–H and O–H groups in total. The van der Waals surface area contributed by atoms with Crippen molar-refractivity contribution in [3.63, 3.8) is 0 Å². The van der Waals surface area contributed by atoms with Crippen LogP contribution < -0.4 is 10.1 Å². The van der Waals surface area contributed by atoms with Crippen molar-refractivity contribution in [3.05, 3.63) is 29.3 Å². The van der Waals surface area contributed by atoms with Gasteiger partial charge in [-0.15, -0.1) is 0 Å². The highest BCUT2D eigenvalue weighted by Crippen LogP contribution is 2.22. The SMILES string of the molecule is CC(C)OC(=O)CCNC(=O)COc1ccccc1Cl. The van der Waals surface area contributed by atoms with Crippen LogP contribution in [0, 0.1) is 0 Å². The van der Waals surface area contributed by atoms with E-state index in [9.17, 15) is 9.59 Å². The van der Waals surface area contributed by atoms with Gasteiger partial charge in [0.15, 0.2) is 6.61 Å². The monoisotopic (exact) mass is 299 g/mol. The van der Waals surface area contributed by atoms with Gasteiger partial charge in [-0.2, -0.15) is 0 Å². The summed E-state index contributed by atoms with van der Waals surface area (Å²) in [6, 6.07) is 6.89. The summed E-state index contributed by atoms with van der Waals surface area (Å²) in [5.74, 6) is -0.210. The first-order valence-electron chi connectivity index (χ1n) is 6.32. The lowest BCUT2D eigenvalue weighted by Gasteiger charge is -2.09. The maximum atomic E-state index is 11.5. The van der Waals surface area contributed by atoms with Crippen molar-refractivity contribution < 1.29 is 19.1 Å². The summed E-state index contributed by atoms with van der Waals surface area (Å²) in [4.78, 5) is 22.7. The highest BCUT2D eigenvalue weighted by atomic mass is 35.5. The number of carbonyl (C=O) groups is 2. The van der Waals surface area contributed by atoms with Gasteiger partial charge in [0, 0.05) is 6.54 Å². The van der Waals surface area contributed by atoms with Gasteiger partial charge in [-0.25, -0.2) is 0 Å². The Hall–Kier alpha value is -1.75. The van der Waals surface area contributed by atoms with E-state index in [1.54, 1.807) is 38.1 Å². The molecule has 0 aliphatic carbocycles. The molecule has 20 heavy (non-hydrogen) atoms. The Morgan fingerprint density at radius 1 is 1.30 bits per heavy atom. The predicted molar refractivity (Wildman–Crippen MR) is 75.8 cm³/mol. The van der Waals surface area contributed by atoms with Gasteiger partial charge in [-0.05, 0) is 26.0 Å². The van der Waals surface area contributed by atoms with Crippen molar-refractivity contribution in [1.82, 2.24) is 5.32 Å². The number of benzene rings is 1. The number of amides is 1. The number of halogens is 1. The van der Waals surface area contributed by atoms with Crippen molar-refractivity contribution in [2.24, 2.45) is 0 Å². The third-order valence-electron chi connectivity index (χ3n) is 2.21. The highest BCUT2D eigenvalue weighted by Gasteiger charge is 2.08. The van der Waals surface area contributed by atoms with Gasteiger partial charge in [0.05, 0.1) is 17.5 Å². The molecule has 1 amide bonds. The van der Waals surface area contributed by atoms with Crippen LogP contribution in [0.4, 0.5) is 0 Å². The fourth-order valence-corrected chi connectivity index (χ4v) is 1.57. The first-order chi connectivity index (χ1) is 9.49. The maximum Gasteiger partial charge on any atom is 0.307 e. The van der Waals surface area contributed by atoms with E-state index in [0.717, 1.165) is 0 Å². The minimum absolute atomic E-state index is 0.135. The number of hydrogen-bond donors (Lipinski definition) is 1. The second-order valence-corrected chi connectivity index (χ2v) is 4.76. The van der Waals surface area contributed by atoms with Gasteiger partial charge < -0.3 is 14.8 Å². The van der Waals surface area contributed by atoms with E-state index >= 15 is 0 Å². The zero-order valence-electron chi connectivity index (χ0n) is 11.5. The molecule has 0 spiro atoms. The molecule has 110 valence electrons. The Morgan fingerprint density at radius 3 is 2.65 bits per heavy atom. The van der Waals surface area contributed by atoms with Gasteiger partial charge >= 0.3 is 5.97 Å². The van der Waals surface area contributed by atoms with E-state index in [4.69, 9.17) is 21.1 Å². The fraction of sp³-hybridized carbons (Fsp3) is 0.429. The lowest BCUT2D eigenvalue weighted by molar-refractivity contribution is -0.147. The third-order valence-corrected chi connectivity index (χ3v) is 2.53. The minimum Gasteiger partial charge on any atom is -0.482 e. The number of ether oxygens (including phenoxy) is 2. The normalized spacial score (nSPS) is 10.2. The van der Waals surface area contributed by atoms with Crippen LogP contribution >= 0.6 is 11.6 Å². The molecule has 0 fully saturated rings. The van der Waals surface area contributed by atoms with E-state index in [2.05, 4.69) is 5.32 Å². The van der Waals surface area contributed by atoms with E-state index in [0.29, 0.717) is 10.8 Å². The van der Waals surface area contributed by atoms with Crippen LogP contribution in [0.5, 0.6) is 5.75 Å². The summed E-state index contributed by atoms with van der Waals surface area (Å²) in [5, 5.41) is 3.01. The molecule has 6 heteroatoms. The minimum atomic E-state index is -0.340. The standard InChI is InChI=1S/C14H18ClNO4/c1-10(2)20-14(18)7-8-16-13(17)9-19-12-6-4-3-5-11(12)15/h3-6,10H,7-9H2,1-2H3,(H,16,17). The average molecular weight is 300 g/mol. The number of esters is 1. The van der Waals surface area contributed by atoms with Crippen LogP contribution in [-0.4, -0.2) is 31.1 Å². The lowest BCUT2D eigenvalue weighted by Crippen LogP contribution is -2.31. The Balaban J connectivity index is 2.21. The molecule has 0 radical (unpaired) electrons. The molecule has 0 aliphatic heterocycles. The summed E-state index contributed by atoms with van der Waals surface area (Å²) in [7, 11) is 0.